The van der Waals surface area contributed by atoms with Crippen LogP contribution in [-0.2, 0) is 4.79 Å². The van der Waals surface area contributed by atoms with E-state index in [-0.39, 0.29) is 30.7 Å². The number of benzene rings is 2. The lowest BCUT2D eigenvalue weighted by Crippen LogP contribution is -2.32. The topological polar surface area (TPSA) is 75.7 Å². The number of ether oxygens (including phenoxy) is 1. The summed E-state index contributed by atoms with van der Waals surface area (Å²) < 4.78 is 5.76. The molecule has 1 aliphatic rings. The van der Waals surface area contributed by atoms with Gasteiger partial charge in [-0.05, 0) is 43.5 Å². The highest BCUT2D eigenvalue weighted by molar-refractivity contribution is 6.21. The molecule has 0 aliphatic carbocycles. The van der Waals surface area contributed by atoms with Crippen LogP contribution in [0.3, 0.4) is 0 Å². The predicted molar refractivity (Wildman–Crippen MR) is 105 cm³/mol. The number of fused-ring (bicyclic) bond motifs is 1. The van der Waals surface area contributed by atoms with Crippen LogP contribution in [0.1, 0.15) is 44.7 Å². The van der Waals surface area contributed by atoms with E-state index >= 15 is 0 Å². The van der Waals surface area contributed by atoms with Gasteiger partial charge in [0.1, 0.15) is 12.4 Å². The Morgan fingerprint density at radius 1 is 0.964 bits per heavy atom. The summed E-state index contributed by atoms with van der Waals surface area (Å²) in [6.07, 6.45) is 0.672. The smallest absolute Gasteiger partial charge is 0.261 e. The Kier molecular flexibility index (Phi) is 6.09. The number of imide groups is 1. The van der Waals surface area contributed by atoms with Gasteiger partial charge < -0.3 is 10.1 Å². The van der Waals surface area contributed by atoms with Crippen molar-refractivity contribution in [3.05, 3.63) is 64.7 Å². The fraction of sp³-hybridized carbons (Fsp3) is 0.318. The fourth-order valence-corrected chi connectivity index (χ4v) is 3.30. The highest BCUT2D eigenvalue weighted by Gasteiger charge is 2.34. The zero-order chi connectivity index (χ0) is 20.1. The van der Waals surface area contributed by atoms with Gasteiger partial charge in [0, 0.05) is 13.0 Å². The van der Waals surface area contributed by atoms with Gasteiger partial charge in [-0.15, -0.1) is 0 Å². The van der Waals surface area contributed by atoms with Gasteiger partial charge in [0.05, 0.1) is 17.7 Å². The number of rotatable bonds is 8. The molecular weight excluding hydrogens is 356 g/mol. The zero-order valence-electron chi connectivity index (χ0n) is 16.2. The third-order valence-corrected chi connectivity index (χ3v) is 4.74. The Labute approximate surface area is 164 Å². The molecule has 1 heterocycles. The fourth-order valence-electron chi connectivity index (χ4n) is 3.30. The van der Waals surface area contributed by atoms with Crippen LogP contribution >= 0.6 is 0 Å². The maximum absolute atomic E-state index is 12.3. The van der Waals surface area contributed by atoms with Gasteiger partial charge in [-0.3, -0.25) is 19.3 Å². The Bertz CT molecular complexity index is 852. The second-order valence-corrected chi connectivity index (χ2v) is 6.83. The average Bonchev–Trinajstić information content (AvgIpc) is 2.92. The molecule has 0 aromatic heterocycles. The van der Waals surface area contributed by atoms with E-state index in [1.54, 1.807) is 24.3 Å². The van der Waals surface area contributed by atoms with Crippen molar-refractivity contribution in [1.82, 2.24) is 10.2 Å². The monoisotopic (exact) mass is 380 g/mol. The standard InChI is InChI=1S/C22H24N2O4/c1-15-7-5-8-16(2)20(15)28-14-12-23-19(25)11-6-13-24-21(26)17-9-3-4-10-18(17)22(24)27/h3-5,7-10H,6,11-14H2,1-2H3,(H,23,25). The van der Waals surface area contributed by atoms with Gasteiger partial charge >= 0.3 is 0 Å². The molecule has 0 unspecified atom stereocenters. The first kappa shape index (κ1) is 19.6. The second kappa shape index (κ2) is 8.69. The first-order chi connectivity index (χ1) is 13.5. The molecule has 6 nitrogen and oxygen atoms in total. The minimum Gasteiger partial charge on any atom is -0.491 e. The number of carbonyl (C=O) groups is 3. The summed E-state index contributed by atoms with van der Waals surface area (Å²) in [5, 5.41) is 2.80. The number of para-hydroxylation sites is 1. The van der Waals surface area contributed by atoms with Gasteiger partial charge in [-0.25, -0.2) is 0 Å². The van der Waals surface area contributed by atoms with Crippen LogP contribution in [0.4, 0.5) is 0 Å². The number of nitrogens with zero attached hydrogens (tertiary/aromatic N) is 1. The van der Waals surface area contributed by atoms with Crippen LogP contribution in [0.2, 0.25) is 0 Å². The maximum atomic E-state index is 12.3. The number of aryl methyl sites for hydroxylation is 2. The Hall–Kier alpha value is -3.15. The van der Waals surface area contributed by atoms with Gasteiger partial charge in [-0.2, -0.15) is 0 Å². The zero-order valence-corrected chi connectivity index (χ0v) is 16.2. The lowest BCUT2D eigenvalue weighted by Gasteiger charge is -2.14. The van der Waals surface area contributed by atoms with Crippen molar-refractivity contribution in [2.24, 2.45) is 0 Å². The van der Waals surface area contributed by atoms with E-state index in [4.69, 9.17) is 4.74 Å². The molecule has 3 amide bonds. The predicted octanol–water partition coefficient (Wildman–Crippen LogP) is 2.87. The van der Waals surface area contributed by atoms with Crippen LogP contribution in [0, 0.1) is 13.8 Å². The van der Waals surface area contributed by atoms with Crippen LogP contribution < -0.4 is 10.1 Å². The van der Waals surface area contributed by atoms with Gasteiger partial charge in [0.25, 0.3) is 11.8 Å². The maximum Gasteiger partial charge on any atom is 0.261 e. The number of hydrogen-bond acceptors (Lipinski definition) is 4. The SMILES string of the molecule is Cc1cccc(C)c1OCCNC(=O)CCCN1C(=O)c2ccccc2C1=O. The number of nitrogens with one attached hydrogen (secondary N) is 1. The molecule has 0 spiro atoms. The van der Waals surface area contributed by atoms with Crippen molar-refractivity contribution in [3.63, 3.8) is 0 Å². The van der Waals surface area contributed by atoms with E-state index in [1.807, 2.05) is 32.0 Å². The second-order valence-electron chi connectivity index (χ2n) is 6.83. The molecule has 3 rings (SSSR count). The summed E-state index contributed by atoms with van der Waals surface area (Å²) in [7, 11) is 0. The molecule has 2 aromatic rings. The van der Waals surface area contributed by atoms with Crippen LogP contribution in [0.25, 0.3) is 0 Å². The molecule has 2 aromatic carbocycles. The first-order valence-electron chi connectivity index (χ1n) is 9.40. The number of hydrogen-bond donors (Lipinski definition) is 1. The van der Waals surface area contributed by atoms with Crippen molar-refractivity contribution >= 4 is 17.7 Å². The van der Waals surface area contributed by atoms with Crippen molar-refractivity contribution in [3.8, 4) is 5.75 Å². The van der Waals surface area contributed by atoms with E-state index < -0.39 is 0 Å². The molecule has 1 N–H and O–H groups in total. The van der Waals surface area contributed by atoms with Crippen molar-refractivity contribution in [2.75, 3.05) is 19.7 Å². The summed E-state index contributed by atoms with van der Waals surface area (Å²) in [5.74, 6) is 0.148. The summed E-state index contributed by atoms with van der Waals surface area (Å²) >= 11 is 0. The number of carbonyl (C=O) groups excluding carboxylic acids is 3. The first-order valence-corrected chi connectivity index (χ1v) is 9.40. The molecule has 0 saturated heterocycles. The lowest BCUT2D eigenvalue weighted by molar-refractivity contribution is -0.121. The molecule has 0 saturated carbocycles. The Balaban J connectivity index is 1.38. The van der Waals surface area contributed by atoms with Crippen molar-refractivity contribution in [1.29, 1.82) is 0 Å². The quantitative estimate of drug-likeness (QED) is 0.564. The minimum atomic E-state index is -0.289. The minimum absolute atomic E-state index is 0.123. The molecule has 0 bridgehead atoms. The summed E-state index contributed by atoms with van der Waals surface area (Å²) in [4.78, 5) is 37.7. The number of amides is 3. The third-order valence-electron chi connectivity index (χ3n) is 4.74. The molecule has 0 radical (unpaired) electrons. The summed E-state index contributed by atoms with van der Waals surface area (Å²) in [6.45, 7) is 4.99. The average molecular weight is 380 g/mol. The Morgan fingerprint density at radius 2 is 1.57 bits per heavy atom. The van der Waals surface area contributed by atoms with E-state index in [0.717, 1.165) is 16.9 Å². The summed E-state index contributed by atoms with van der Waals surface area (Å²) in [6, 6.07) is 12.7. The van der Waals surface area contributed by atoms with Crippen molar-refractivity contribution < 1.29 is 19.1 Å². The van der Waals surface area contributed by atoms with Crippen LogP contribution in [-0.4, -0.2) is 42.3 Å². The Morgan fingerprint density at radius 3 is 2.18 bits per heavy atom. The molecule has 0 fully saturated rings. The van der Waals surface area contributed by atoms with E-state index in [9.17, 15) is 14.4 Å². The van der Waals surface area contributed by atoms with Crippen LogP contribution in [0.15, 0.2) is 42.5 Å². The lowest BCUT2D eigenvalue weighted by atomic mass is 10.1. The van der Waals surface area contributed by atoms with Gasteiger partial charge in [-0.1, -0.05) is 30.3 Å². The highest BCUT2D eigenvalue weighted by Crippen LogP contribution is 2.23. The van der Waals surface area contributed by atoms with Gasteiger partial charge in [0.2, 0.25) is 5.91 Å². The van der Waals surface area contributed by atoms with E-state index in [0.29, 0.717) is 30.7 Å². The largest absolute Gasteiger partial charge is 0.491 e. The highest BCUT2D eigenvalue weighted by atomic mass is 16.5. The molecule has 6 heteroatoms. The van der Waals surface area contributed by atoms with Crippen molar-refractivity contribution in [2.45, 2.75) is 26.7 Å². The molecular formula is C22H24N2O4. The molecule has 0 atom stereocenters. The molecule has 28 heavy (non-hydrogen) atoms. The molecule has 1 aliphatic heterocycles. The van der Waals surface area contributed by atoms with E-state index in [2.05, 4.69) is 5.32 Å². The normalized spacial score (nSPS) is 12.9. The van der Waals surface area contributed by atoms with Crippen LogP contribution in [0.5, 0.6) is 5.75 Å². The van der Waals surface area contributed by atoms with E-state index in [1.165, 1.54) is 4.90 Å². The summed E-state index contributed by atoms with van der Waals surface area (Å²) in [5.41, 5.74) is 2.99. The van der Waals surface area contributed by atoms with Gasteiger partial charge in [0.15, 0.2) is 0 Å². The third kappa shape index (κ3) is 4.22. The molecule has 146 valence electrons.